The smallest absolute Gasteiger partial charge is 0.340 e. The van der Waals surface area contributed by atoms with E-state index in [0.717, 1.165) is 19.4 Å². The summed E-state index contributed by atoms with van der Waals surface area (Å²) in [7, 11) is 3.01. The minimum Gasteiger partial charge on any atom is -0.497 e. The minimum atomic E-state index is -0.595. The first kappa shape index (κ1) is 23.7. The zero-order valence-electron chi connectivity index (χ0n) is 18.1. The van der Waals surface area contributed by atoms with Crippen molar-refractivity contribution in [2.45, 2.75) is 19.8 Å². The van der Waals surface area contributed by atoms with E-state index in [0.29, 0.717) is 22.7 Å². The molecule has 0 fully saturated rings. The molecule has 0 saturated carbocycles. The Morgan fingerprint density at radius 3 is 2.58 bits per heavy atom. The lowest BCUT2D eigenvalue weighted by Crippen LogP contribution is -2.37. The number of hydrogen-bond acceptors (Lipinski definition) is 6. The van der Waals surface area contributed by atoms with Crippen LogP contribution in [0.5, 0.6) is 5.75 Å². The molecule has 2 aromatic rings. The van der Waals surface area contributed by atoms with Gasteiger partial charge in [0, 0.05) is 31.0 Å². The van der Waals surface area contributed by atoms with Gasteiger partial charge in [0.1, 0.15) is 5.75 Å². The number of hydrogen-bond donors (Lipinski definition) is 2. The van der Waals surface area contributed by atoms with Crippen LogP contribution in [-0.4, -0.2) is 56.5 Å². The molecule has 0 radical (unpaired) electrons. The molecule has 0 aliphatic heterocycles. The van der Waals surface area contributed by atoms with Gasteiger partial charge in [-0.15, -0.1) is 0 Å². The molecule has 0 aromatic heterocycles. The first-order chi connectivity index (χ1) is 14.9. The number of unbranched alkanes of at least 4 members (excludes halogenated alkanes) is 1. The highest BCUT2D eigenvalue weighted by Gasteiger charge is 2.18. The summed E-state index contributed by atoms with van der Waals surface area (Å²) in [6.45, 7) is 2.19. The number of esters is 1. The maximum absolute atomic E-state index is 12.4. The maximum Gasteiger partial charge on any atom is 0.340 e. The van der Waals surface area contributed by atoms with E-state index in [1.165, 1.54) is 19.1 Å². The van der Waals surface area contributed by atoms with E-state index >= 15 is 0 Å². The number of nitrogens with zero attached hydrogens (tertiary/aromatic N) is 1. The van der Waals surface area contributed by atoms with Crippen LogP contribution in [0.4, 0.5) is 11.4 Å². The largest absolute Gasteiger partial charge is 0.497 e. The molecule has 0 bridgehead atoms. The maximum atomic E-state index is 12.4. The number of carbonyl (C=O) groups excluding carboxylic acids is 3. The van der Waals surface area contributed by atoms with Crippen LogP contribution in [0.25, 0.3) is 0 Å². The summed E-state index contributed by atoms with van der Waals surface area (Å²) < 4.78 is 10.3. The van der Waals surface area contributed by atoms with Crippen LogP contribution in [0, 0.1) is 0 Å². The van der Waals surface area contributed by atoms with Gasteiger partial charge < -0.3 is 25.0 Å². The van der Waals surface area contributed by atoms with Crippen LogP contribution in [0.1, 0.15) is 30.1 Å². The highest BCUT2D eigenvalue weighted by Crippen LogP contribution is 2.17. The van der Waals surface area contributed by atoms with Gasteiger partial charge in [0.25, 0.3) is 5.91 Å². The molecule has 31 heavy (non-hydrogen) atoms. The predicted octanol–water partition coefficient (Wildman–Crippen LogP) is 3.16. The molecule has 2 rings (SSSR count). The van der Waals surface area contributed by atoms with E-state index in [1.807, 2.05) is 6.07 Å². The minimum absolute atomic E-state index is 0.178. The Morgan fingerprint density at radius 1 is 1.06 bits per heavy atom. The van der Waals surface area contributed by atoms with Crippen molar-refractivity contribution in [2.75, 3.05) is 44.5 Å². The third-order valence-electron chi connectivity index (χ3n) is 4.48. The molecule has 0 heterocycles. The fourth-order valence-corrected chi connectivity index (χ4v) is 2.74. The topological polar surface area (TPSA) is 97.0 Å². The monoisotopic (exact) mass is 427 g/mol. The number of anilines is 2. The Hall–Kier alpha value is -3.55. The van der Waals surface area contributed by atoms with E-state index < -0.39 is 18.5 Å². The Labute approximate surface area is 182 Å². The van der Waals surface area contributed by atoms with Crippen LogP contribution in [0.3, 0.4) is 0 Å². The molecular weight excluding hydrogens is 398 g/mol. The fraction of sp³-hybridized carbons (Fsp3) is 0.348. The molecule has 2 aromatic carbocycles. The van der Waals surface area contributed by atoms with Crippen molar-refractivity contribution in [3.05, 3.63) is 54.1 Å². The Kier molecular flexibility index (Phi) is 9.35. The van der Waals surface area contributed by atoms with Crippen molar-refractivity contribution in [2.24, 2.45) is 0 Å². The molecule has 0 saturated heterocycles. The molecule has 8 nitrogen and oxygen atoms in total. The third-order valence-corrected chi connectivity index (χ3v) is 4.48. The number of ether oxygens (including phenoxy) is 2. The number of amides is 2. The highest BCUT2D eigenvalue weighted by atomic mass is 16.5. The number of para-hydroxylation sites is 1. The zero-order chi connectivity index (χ0) is 22.6. The van der Waals surface area contributed by atoms with E-state index in [9.17, 15) is 14.4 Å². The molecule has 0 aliphatic carbocycles. The SMILES string of the molecule is CCCCNc1ccccc1C(=O)OCC(=O)N(C)CC(=O)Nc1cccc(OC)c1. The average Bonchev–Trinajstić information content (AvgIpc) is 2.77. The van der Waals surface area contributed by atoms with Gasteiger partial charge in [-0.1, -0.05) is 31.5 Å². The summed E-state index contributed by atoms with van der Waals surface area (Å²) in [5.41, 5.74) is 1.59. The second kappa shape index (κ2) is 12.2. The summed E-state index contributed by atoms with van der Waals surface area (Å²) in [6.07, 6.45) is 2.01. The number of methoxy groups -OCH3 is 1. The number of benzene rings is 2. The van der Waals surface area contributed by atoms with E-state index in [4.69, 9.17) is 9.47 Å². The van der Waals surface area contributed by atoms with Gasteiger partial charge in [-0.3, -0.25) is 9.59 Å². The van der Waals surface area contributed by atoms with Gasteiger partial charge in [-0.2, -0.15) is 0 Å². The number of likely N-dealkylation sites (N-methyl/N-ethyl adjacent to an activating group) is 1. The third kappa shape index (κ3) is 7.65. The van der Waals surface area contributed by atoms with Crippen LogP contribution in [0.2, 0.25) is 0 Å². The second-order valence-electron chi connectivity index (χ2n) is 6.93. The van der Waals surface area contributed by atoms with E-state index in [-0.39, 0.29) is 12.5 Å². The van der Waals surface area contributed by atoms with Crippen molar-refractivity contribution < 1.29 is 23.9 Å². The normalized spacial score (nSPS) is 10.2. The molecular formula is C23H29N3O5. The molecule has 0 aliphatic rings. The van der Waals surface area contributed by atoms with Crippen molar-refractivity contribution >= 4 is 29.2 Å². The van der Waals surface area contributed by atoms with Gasteiger partial charge in [-0.05, 0) is 30.7 Å². The average molecular weight is 428 g/mol. The van der Waals surface area contributed by atoms with Crippen molar-refractivity contribution in [3.63, 3.8) is 0 Å². The zero-order valence-corrected chi connectivity index (χ0v) is 18.1. The van der Waals surface area contributed by atoms with Gasteiger partial charge in [0.15, 0.2) is 6.61 Å². The predicted molar refractivity (Wildman–Crippen MR) is 119 cm³/mol. The molecule has 8 heteroatoms. The Balaban J connectivity index is 1.84. The highest BCUT2D eigenvalue weighted by molar-refractivity contribution is 5.97. The summed E-state index contributed by atoms with van der Waals surface area (Å²) >= 11 is 0. The van der Waals surface area contributed by atoms with Gasteiger partial charge in [-0.25, -0.2) is 4.79 Å². The lowest BCUT2D eigenvalue weighted by atomic mass is 10.1. The van der Waals surface area contributed by atoms with Crippen LogP contribution in [0.15, 0.2) is 48.5 Å². The Morgan fingerprint density at radius 2 is 1.84 bits per heavy atom. The second-order valence-corrected chi connectivity index (χ2v) is 6.93. The quantitative estimate of drug-likeness (QED) is 0.422. The van der Waals surface area contributed by atoms with Gasteiger partial charge >= 0.3 is 5.97 Å². The number of carbonyl (C=O) groups is 3. The molecule has 2 N–H and O–H groups in total. The van der Waals surface area contributed by atoms with Crippen LogP contribution < -0.4 is 15.4 Å². The summed E-state index contributed by atoms with van der Waals surface area (Å²) in [6, 6.07) is 13.9. The first-order valence-electron chi connectivity index (χ1n) is 10.1. The first-order valence-corrected chi connectivity index (χ1v) is 10.1. The standard InChI is InChI=1S/C23H29N3O5/c1-4-5-13-24-20-12-7-6-11-19(20)23(29)31-16-22(28)26(2)15-21(27)25-17-9-8-10-18(14-17)30-3/h6-12,14,24H,4-5,13,15-16H2,1-3H3,(H,25,27). The Bertz CT molecular complexity index is 900. The number of rotatable bonds is 11. The molecule has 0 spiro atoms. The van der Waals surface area contributed by atoms with Crippen LogP contribution in [-0.2, 0) is 14.3 Å². The summed E-state index contributed by atoms with van der Waals surface area (Å²) in [5.74, 6) is -0.841. The van der Waals surface area contributed by atoms with E-state index in [2.05, 4.69) is 17.6 Å². The van der Waals surface area contributed by atoms with Crippen LogP contribution >= 0.6 is 0 Å². The molecule has 166 valence electrons. The van der Waals surface area contributed by atoms with E-state index in [1.54, 1.807) is 42.5 Å². The molecule has 0 unspecified atom stereocenters. The van der Waals surface area contributed by atoms with Crippen molar-refractivity contribution in [1.29, 1.82) is 0 Å². The molecule has 2 amide bonds. The van der Waals surface area contributed by atoms with Crippen molar-refractivity contribution in [3.8, 4) is 5.75 Å². The summed E-state index contributed by atoms with van der Waals surface area (Å²) in [4.78, 5) is 38.1. The summed E-state index contributed by atoms with van der Waals surface area (Å²) in [5, 5.41) is 5.90. The molecule has 0 atom stereocenters. The van der Waals surface area contributed by atoms with Gasteiger partial charge in [0.2, 0.25) is 5.91 Å². The lowest BCUT2D eigenvalue weighted by Gasteiger charge is -2.17. The lowest BCUT2D eigenvalue weighted by molar-refractivity contribution is -0.136. The number of nitrogens with one attached hydrogen (secondary N) is 2. The van der Waals surface area contributed by atoms with Crippen molar-refractivity contribution in [1.82, 2.24) is 4.90 Å². The fourth-order valence-electron chi connectivity index (χ4n) is 2.74. The van der Waals surface area contributed by atoms with Gasteiger partial charge in [0.05, 0.1) is 19.2 Å².